The quantitative estimate of drug-likeness (QED) is 0.568. The third-order valence-corrected chi connectivity index (χ3v) is 3.20. The van der Waals surface area contributed by atoms with Crippen LogP contribution in [-0.4, -0.2) is 42.6 Å². The number of rotatable bonds is 8. The smallest absolute Gasteiger partial charge is 0.329 e. The van der Waals surface area contributed by atoms with Gasteiger partial charge in [-0.2, -0.15) is 0 Å². The Balaban J connectivity index is 2.52. The average Bonchev–Trinajstić information content (AvgIpc) is 2.57. The highest BCUT2D eigenvalue weighted by Crippen LogP contribution is 2.09. The van der Waals surface area contributed by atoms with Gasteiger partial charge in [0, 0.05) is 0 Å². The van der Waals surface area contributed by atoms with Gasteiger partial charge in [-0.3, -0.25) is 14.9 Å². The van der Waals surface area contributed by atoms with E-state index in [1.807, 2.05) is 11.4 Å². The minimum Gasteiger partial charge on any atom is -0.484 e. The third kappa shape index (κ3) is 7.20. The van der Waals surface area contributed by atoms with Crippen LogP contribution in [0.2, 0.25) is 0 Å². The van der Waals surface area contributed by atoms with E-state index in [-0.39, 0.29) is 6.61 Å². The number of carbonyl (C=O) groups is 4. The summed E-state index contributed by atoms with van der Waals surface area (Å²) in [5.41, 5.74) is 4.89. The van der Waals surface area contributed by atoms with Gasteiger partial charge >= 0.3 is 12.0 Å². The van der Waals surface area contributed by atoms with Crippen LogP contribution in [0.1, 0.15) is 20.8 Å². The van der Waals surface area contributed by atoms with Crippen molar-refractivity contribution in [2.75, 3.05) is 6.61 Å². The summed E-state index contributed by atoms with van der Waals surface area (Å²) in [6.07, 6.45) is -1.21. The Bertz CT molecular complexity index is 647. The van der Waals surface area contributed by atoms with E-state index >= 15 is 0 Å². The number of urea groups is 1. The van der Waals surface area contributed by atoms with Crippen LogP contribution in [0, 0.1) is 5.92 Å². The number of hydrogen-bond donors (Lipinski definition) is 3. The van der Waals surface area contributed by atoms with Gasteiger partial charge in [-0.25, -0.2) is 9.59 Å². The molecular formula is C17H23N3O6. The maximum absolute atomic E-state index is 12.1. The van der Waals surface area contributed by atoms with Gasteiger partial charge in [-0.1, -0.05) is 32.0 Å². The zero-order chi connectivity index (χ0) is 19.7. The fourth-order valence-corrected chi connectivity index (χ4v) is 1.92. The second-order valence-corrected chi connectivity index (χ2v) is 5.85. The van der Waals surface area contributed by atoms with E-state index in [0.717, 1.165) is 0 Å². The molecule has 0 saturated heterocycles. The van der Waals surface area contributed by atoms with Crippen LogP contribution in [0.4, 0.5) is 4.79 Å². The summed E-state index contributed by atoms with van der Waals surface area (Å²) in [6.45, 7) is 4.40. The van der Waals surface area contributed by atoms with E-state index in [4.69, 9.17) is 15.2 Å². The molecule has 0 radical (unpaired) electrons. The predicted molar refractivity (Wildman–Crippen MR) is 92.0 cm³/mol. The van der Waals surface area contributed by atoms with E-state index in [0.29, 0.717) is 5.75 Å². The number of para-hydroxylation sites is 1. The first-order valence-electron chi connectivity index (χ1n) is 7.98. The lowest BCUT2D eigenvalue weighted by Gasteiger charge is -2.22. The van der Waals surface area contributed by atoms with Crippen molar-refractivity contribution >= 4 is 23.8 Å². The molecule has 0 spiro atoms. The van der Waals surface area contributed by atoms with Crippen molar-refractivity contribution in [1.29, 1.82) is 0 Å². The van der Waals surface area contributed by atoms with Crippen LogP contribution in [0.25, 0.3) is 0 Å². The van der Waals surface area contributed by atoms with Gasteiger partial charge in [-0.05, 0) is 25.0 Å². The van der Waals surface area contributed by atoms with E-state index in [1.54, 1.807) is 38.1 Å². The fourth-order valence-electron chi connectivity index (χ4n) is 1.92. The van der Waals surface area contributed by atoms with Gasteiger partial charge in [0.1, 0.15) is 11.8 Å². The van der Waals surface area contributed by atoms with Crippen molar-refractivity contribution in [3.63, 3.8) is 0 Å². The molecule has 0 aromatic heterocycles. The molecule has 26 heavy (non-hydrogen) atoms. The maximum Gasteiger partial charge on any atom is 0.329 e. The molecule has 1 rings (SSSR count). The molecule has 0 fully saturated rings. The second kappa shape index (κ2) is 10.0. The van der Waals surface area contributed by atoms with Gasteiger partial charge in [-0.15, -0.1) is 0 Å². The molecule has 4 N–H and O–H groups in total. The number of primary amides is 1. The van der Waals surface area contributed by atoms with Crippen molar-refractivity contribution in [3.05, 3.63) is 30.3 Å². The number of hydrogen-bond acceptors (Lipinski definition) is 6. The van der Waals surface area contributed by atoms with Crippen molar-refractivity contribution in [3.8, 4) is 5.75 Å². The zero-order valence-corrected chi connectivity index (χ0v) is 14.9. The maximum atomic E-state index is 12.1. The Morgan fingerprint density at radius 1 is 1.08 bits per heavy atom. The fraction of sp³-hybridized carbons (Fsp3) is 0.412. The molecule has 0 aliphatic rings. The molecule has 0 unspecified atom stereocenters. The lowest BCUT2D eigenvalue weighted by atomic mass is 10.1. The number of ether oxygens (including phenoxy) is 2. The Morgan fingerprint density at radius 3 is 2.23 bits per heavy atom. The minimum atomic E-state index is -1.21. The Kier molecular flexibility index (Phi) is 8.07. The number of benzene rings is 1. The Hall–Kier alpha value is -3.10. The third-order valence-electron chi connectivity index (χ3n) is 3.20. The first-order valence-corrected chi connectivity index (χ1v) is 7.98. The summed E-state index contributed by atoms with van der Waals surface area (Å²) in [5, 5.41) is 4.28. The van der Waals surface area contributed by atoms with Crippen LogP contribution in [0.15, 0.2) is 30.3 Å². The van der Waals surface area contributed by atoms with Crippen LogP contribution < -0.4 is 21.1 Å². The Morgan fingerprint density at radius 2 is 1.69 bits per heavy atom. The largest absolute Gasteiger partial charge is 0.484 e. The highest BCUT2D eigenvalue weighted by Gasteiger charge is 2.29. The van der Waals surface area contributed by atoms with Crippen molar-refractivity contribution in [1.82, 2.24) is 10.6 Å². The number of nitrogens with two attached hydrogens (primary N) is 1. The molecule has 0 aliphatic carbocycles. The van der Waals surface area contributed by atoms with Gasteiger partial charge in [0.15, 0.2) is 12.7 Å². The topological polar surface area (TPSA) is 137 Å². The van der Waals surface area contributed by atoms with Crippen LogP contribution in [-0.2, 0) is 19.1 Å². The summed E-state index contributed by atoms with van der Waals surface area (Å²) in [6, 6.07) is 6.66. The van der Waals surface area contributed by atoms with E-state index in [9.17, 15) is 19.2 Å². The van der Waals surface area contributed by atoms with Crippen LogP contribution in [0.3, 0.4) is 0 Å². The molecule has 1 aromatic rings. The number of carbonyl (C=O) groups excluding carboxylic acids is 4. The number of nitrogens with one attached hydrogen (secondary N) is 2. The molecule has 0 bridgehead atoms. The summed E-state index contributed by atoms with van der Waals surface area (Å²) in [5.74, 6) is -2.06. The highest BCUT2D eigenvalue weighted by molar-refractivity contribution is 5.97. The van der Waals surface area contributed by atoms with Crippen LogP contribution >= 0.6 is 0 Å². The van der Waals surface area contributed by atoms with Crippen LogP contribution in [0.5, 0.6) is 5.75 Å². The molecule has 9 nitrogen and oxygen atoms in total. The molecule has 9 heteroatoms. The second-order valence-electron chi connectivity index (χ2n) is 5.85. The first kappa shape index (κ1) is 20.9. The molecule has 142 valence electrons. The SMILES string of the molecule is CC(C)[C@@H](OC(=O)[C@H](C)NC(=O)COc1ccccc1)C(=O)NC(N)=O. The van der Waals surface area contributed by atoms with Crippen molar-refractivity contribution in [2.45, 2.75) is 32.9 Å². The molecule has 4 amide bonds. The molecule has 1 aromatic carbocycles. The highest BCUT2D eigenvalue weighted by atomic mass is 16.6. The summed E-state index contributed by atoms with van der Waals surface area (Å²) >= 11 is 0. The molecule has 0 aliphatic heterocycles. The molecule has 2 atom stereocenters. The van der Waals surface area contributed by atoms with E-state index in [2.05, 4.69) is 5.32 Å². The van der Waals surface area contributed by atoms with Gasteiger partial charge in [0.2, 0.25) is 0 Å². The minimum absolute atomic E-state index is 0.280. The number of esters is 1. The summed E-state index contributed by atoms with van der Waals surface area (Å²) in [4.78, 5) is 46.5. The lowest BCUT2D eigenvalue weighted by molar-refractivity contribution is -0.160. The Labute approximate surface area is 151 Å². The normalized spacial score (nSPS) is 12.6. The first-order chi connectivity index (χ1) is 12.2. The standard InChI is InChI=1S/C17H23N3O6/c1-10(2)14(15(22)20-17(18)24)26-16(23)11(3)19-13(21)9-25-12-7-5-4-6-8-12/h4-8,10-11,14H,9H2,1-3H3,(H,19,21)(H3,18,20,22,24)/t11-,14+/m0/s1. The molecule has 0 heterocycles. The number of imide groups is 1. The van der Waals surface area contributed by atoms with E-state index in [1.165, 1.54) is 6.92 Å². The van der Waals surface area contributed by atoms with Gasteiger partial charge in [0.05, 0.1) is 0 Å². The molecule has 0 saturated carbocycles. The van der Waals surface area contributed by atoms with Crippen molar-refractivity contribution < 1.29 is 28.7 Å². The average molecular weight is 365 g/mol. The van der Waals surface area contributed by atoms with Crippen molar-refractivity contribution in [2.24, 2.45) is 11.7 Å². The van der Waals surface area contributed by atoms with Gasteiger partial charge < -0.3 is 20.5 Å². The zero-order valence-electron chi connectivity index (χ0n) is 14.9. The summed E-state index contributed by atoms with van der Waals surface area (Å²) < 4.78 is 10.4. The number of amides is 4. The van der Waals surface area contributed by atoms with Gasteiger partial charge in [0.25, 0.3) is 11.8 Å². The predicted octanol–water partition coefficient (Wildman–Crippen LogP) is 0.333. The monoisotopic (exact) mass is 365 g/mol. The molecular weight excluding hydrogens is 342 g/mol. The van der Waals surface area contributed by atoms with E-state index < -0.39 is 41.9 Å². The lowest BCUT2D eigenvalue weighted by Crippen LogP contribution is -2.48. The summed E-state index contributed by atoms with van der Waals surface area (Å²) in [7, 11) is 0.